The molecule has 0 amide bonds. The van der Waals surface area contributed by atoms with Gasteiger partial charge in [-0.25, -0.2) is 16.8 Å². The van der Waals surface area contributed by atoms with Crippen LogP contribution in [0.3, 0.4) is 0 Å². The van der Waals surface area contributed by atoms with Crippen LogP contribution in [0.1, 0.15) is 0 Å². The molecule has 2 aromatic carbocycles. The van der Waals surface area contributed by atoms with Crippen molar-refractivity contribution in [1.29, 1.82) is 0 Å². The molecule has 0 unspecified atom stereocenters. The third-order valence-corrected chi connectivity index (χ3v) is 5.87. The standard InChI is InChI=1S/2C6H7NO3S2.Fe/c2*7-5-1-3-6(4-2-5)11-12(8,9)10;/h2*1-4H,7H2,(H,8,9,10);/q;;+2/p-2. The third kappa shape index (κ3) is 12.1. The van der Waals surface area contributed by atoms with E-state index in [4.69, 9.17) is 11.5 Å². The van der Waals surface area contributed by atoms with Gasteiger partial charge in [-0.2, -0.15) is 0 Å². The maximum Gasteiger partial charge on any atom is 2.00 e. The fourth-order valence-corrected chi connectivity index (χ4v) is 4.33. The van der Waals surface area contributed by atoms with Gasteiger partial charge >= 0.3 is 17.1 Å². The fourth-order valence-electron chi connectivity index (χ4n) is 1.28. The molecule has 0 saturated carbocycles. The summed E-state index contributed by atoms with van der Waals surface area (Å²) in [6, 6.07) is 12.1. The molecular formula is C12H12FeN2O6S4. The first-order valence-electron chi connectivity index (χ1n) is 5.96. The van der Waals surface area contributed by atoms with E-state index in [-0.39, 0.29) is 38.7 Å². The molecule has 25 heavy (non-hydrogen) atoms. The van der Waals surface area contributed by atoms with E-state index in [9.17, 15) is 25.9 Å². The Kier molecular flexibility index (Phi) is 9.90. The van der Waals surface area contributed by atoms with Gasteiger partial charge in [0.25, 0.3) is 0 Å². The molecule has 138 valence electrons. The van der Waals surface area contributed by atoms with Crippen LogP contribution in [0.2, 0.25) is 0 Å². The maximum atomic E-state index is 10.3. The zero-order valence-corrected chi connectivity index (χ0v) is 16.6. The van der Waals surface area contributed by atoms with Crippen LogP contribution in [0.25, 0.3) is 0 Å². The number of hydrogen-bond donors (Lipinski definition) is 2. The van der Waals surface area contributed by atoms with Crippen molar-refractivity contribution >= 4 is 51.3 Å². The van der Waals surface area contributed by atoms with Gasteiger partial charge in [0, 0.05) is 21.2 Å². The second kappa shape index (κ2) is 10.3. The van der Waals surface area contributed by atoms with Crippen LogP contribution in [0.5, 0.6) is 0 Å². The van der Waals surface area contributed by atoms with Crippen LogP contribution in [-0.2, 0) is 35.4 Å². The van der Waals surface area contributed by atoms with E-state index in [1.807, 2.05) is 0 Å². The van der Waals surface area contributed by atoms with Crippen molar-refractivity contribution < 1.29 is 43.0 Å². The predicted octanol–water partition coefficient (Wildman–Crippen LogP) is 1.64. The van der Waals surface area contributed by atoms with E-state index < -0.39 is 18.3 Å². The number of nitrogen functional groups attached to an aromatic ring is 2. The van der Waals surface area contributed by atoms with E-state index in [1.54, 1.807) is 0 Å². The molecule has 0 fully saturated rings. The van der Waals surface area contributed by atoms with Gasteiger partial charge in [0.1, 0.15) is 0 Å². The Balaban J connectivity index is 0.000000443. The summed E-state index contributed by atoms with van der Waals surface area (Å²) < 4.78 is 61.6. The minimum absolute atomic E-state index is 0. The fraction of sp³-hybridized carbons (Fsp3) is 0. The molecule has 0 aliphatic heterocycles. The first-order valence-corrected chi connectivity index (χ1v) is 11.4. The molecule has 0 aromatic heterocycles. The van der Waals surface area contributed by atoms with Gasteiger partial charge in [-0.15, -0.1) is 0 Å². The van der Waals surface area contributed by atoms with Gasteiger partial charge < -0.3 is 20.6 Å². The number of hydrogen-bond acceptors (Lipinski definition) is 10. The summed E-state index contributed by atoms with van der Waals surface area (Å²) in [7, 11) is -7.99. The molecule has 2 rings (SSSR count). The van der Waals surface area contributed by atoms with E-state index in [0.29, 0.717) is 21.2 Å². The molecule has 0 spiro atoms. The second-order valence-corrected chi connectivity index (χ2v) is 10.5. The van der Waals surface area contributed by atoms with Gasteiger partial charge in [0.05, 0.1) is 0 Å². The normalized spacial score (nSPS) is 11.0. The van der Waals surface area contributed by atoms with Gasteiger partial charge in [-0.1, -0.05) is 0 Å². The summed E-state index contributed by atoms with van der Waals surface area (Å²) in [5, 5.41) is 0. The quantitative estimate of drug-likeness (QED) is 0.294. The van der Waals surface area contributed by atoms with Crippen molar-refractivity contribution in [3.63, 3.8) is 0 Å². The van der Waals surface area contributed by atoms with Crippen molar-refractivity contribution in [2.75, 3.05) is 11.5 Å². The Morgan fingerprint density at radius 3 is 1.08 bits per heavy atom. The Bertz CT molecular complexity index is 795. The molecule has 13 heteroatoms. The minimum Gasteiger partial charge on any atom is -0.739 e. The minimum atomic E-state index is -4.26. The van der Waals surface area contributed by atoms with Crippen molar-refractivity contribution in [2.24, 2.45) is 0 Å². The van der Waals surface area contributed by atoms with Crippen molar-refractivity contribution in [2.45, 2.75) is 9.79 Å². The number of benzene rings is 2. The Morgan fingerprint density at radius 2 is 0.880 bits per heavy atom. The largest absolute Gasteiger partial charge is 2.00 e. The number of nitrogens with two attached hydrogens (primary N) is 2. The number of anilines is 2. The molecule has 0 bridgehead atoms. The van der Waals surface area contributed by atoms with E-state index >= 15 is 0 Å². The molecule has 0 radical (unpaired) electrons. The summed E-state index contributed by atoms with van der Waals surface area (Å²) in [4.78, 5) is 0.749. The Labute approximate surface area is 163 Å². The maximum absolute atomic E-state index is 10.3. The molecule has 8 nitrogen and oxygen atoms in total. The van der Waals surface area contributed by atoms with Gasteiger partial charge in [0.15, 0.2) is 18.3 Å². The van der Waals surface area contributed by atoms with Gasteiger partial charge in [-0.05, 0) is 70.1 Å². The van der Waals surface area contributed by atoms with Crippen LogP contribution in [-0.4, -0.2) is 25.9 Å². The average molecular weight is 464 g/mol. The van der Waals surface area contributed by atoms with Crippen molar-refractivity contribution in [3.05, 3.63) is 48.5 Å². The van der Waals surface area contributed by atoms with Crippen LogP contribution in [0, 0.1) is 0 Å². The molecule has 0 heterocycles. The van der Waals surface area contributed by atoms with Crippen LogP contribution in [0.4, 0.5) is 11.4 Å². The average Bonchev–Trinajstić information content (AvgIpc) is 2.42. The molecule has 0 aliphatic carbocycles. The van der Waals surface area contributed by atoms with Crippen LogP contribution in [0.15, 0.2) is 58.3 Å². The monoisotopic (exact) mass is 464 g/mol. The Morgan fingerprint density at radius 1 is 0.640 bits per heavy atom. The smallest absolute Gasteiger partial charge is 0.739 e. The third-order valence-electron chi connectivity index (χ3n) is 2.16. The van der Waals surface area contributed by atoms with E-state index in [1.165, 1.54) is 48.5 Å². The van der Waals surface area contributed by atoms with Gasteiger partial charge in [0.2, 0.25) is 0 Å². The molecule has 4 N–H and O–H groups in total. The molecule has 0 aliphatic rings. The zero-order chi connectivity index (χ0) is 18.4. The van der Waals surface area contributed by atoms with E-state index in [2.05, 4.69) is 0 Å². The molecule has 0 atom stereocenters. The molecular weight excluding hydrogens is 452 g/mol. The molecule has 2 aromatic rings. The predicted molar refractivity (Wildman–Crippen MR) is 92.8 cm³/mol. The van der Waals surface area contributed by atoms with Crippen molar-refractivity contribution in [1.82, 2.24) is 0 Å². The Hall–Kier alpha value is -0.921. The first kappa shape index (κ1) is 24.1. The zero-order valence-electron chi connectivity index (χ0n) is 12.2. The first-order chi connectivity index (χ1) is 10.9. The summed E-state index contributed by atoms with van der Waals surface area (Å²) in [5.41, 5.74) is 11.8. The van der Waals surface area contributed by atoms with Gasteiger partial charge in [-0.3, -0.25) is 0 Å². The van der Waals surface area contributed by atoms with Crippen LogP contribution >= 0.6 is 21.6 Å². The summed E-state index contributed by atoms with van der Waals surface area (Å²) >= 11 is 0. The summed E-state index contributed by atoms with van der Waals surface area (Å²) in [5.74, 6) is 0. The summed E-state index contributed by atoms with van der Waals surface area (Å²) in [6.45, 7) is 0. The summed E-state index contributed by atoms with van der Waals surface area (Å²) in [6.07, 6.45) is 0. The SMILES string of the molecule is Nc1ccc(SS(=O)(=O)[O-])cc1.Nc1ccc(SS(=O)(=O)[O-])cc1.[Fe+2]. The molecule has 0 saturated heterocycles. The van der Waals surface area contributed by atoms with Crippen molar-refractivity contribution in [3.8, 4) is 0 Å². The number of rotatable bonds is 4. The van der Waals surface area contributed by atoms with Crippen LogP contribution < -0.4 is 11.5 Å². The topological polar surface area (TPSA) is 166 Å². The van der Waals surface area contributed by atoms with E-state index in [0.717, 1.165) is 0 Å². The second-order valence-electron chi connectivity index (χ2n) is 4.12.